The zero-order chi connectivity index (χ0) is 14.8. The van der Waals surface area contributed by atoms with Crippen LogP contribution in [0.5, 0.6) is 0 Å². The number of isothiocyanates is 1. The van der Waals surface area contributed by atoms with Crippen molar-refractivity contribution in [2.45, 2.75) is 19.0 Å². The molecule has 1 fully saturated rings. The number of pyridine rings is 1. The lowest BCUT2D eigenvalue weighted by molar-refractivity contribution is -0.137. The minimum atomic E-state index is -4.56. The highest BCUT2D eigenvalue weighted by atomic mass is 32.1. The van der Waals surface area contributed by atoms with E-state index in [1.54, 1.807) is 0 Å². The SMILES string of the molecule is O=C(c1cc(C(F)(F)F)cnc1N=C=S)N1CCCC1. The van der Waals surface area contributed by atoms with Crippen LogP contribution in [0, 0.1) is 0 Å². The second-order valence-corrected chi connectivity index (χ2v) is 4.48. The van der Waals surface area contributed by atoms with Gasteiger partial charge < -0.3 is 4.90 Å². The predicted octanol–water partition coefficient (Wildman–Crippen LogP) is 3.07. The number of carbonyl (C=O) groups excluding carboxylic acids is 1. The molecule has 1 saturated heterocycles. The Bertz CT molecular complexity index is 576. The highest BCUT2D eigenvalue weighted by molar-refractivity contribution is 7.78. The maximum atomic E-state index is 12.7. The van der Waals surface area contributed by atoms with Gasteiger partial charge in [-0.15, -0.1) is 0 Å². The molecule has 0 radical (unpaired) electrons. The fraction of sp³-hybridized carbons (Fsp3) is 0.417. The molecule has 0 aliphatic carbocycles. The molecule has 2 rings (SSSR count). The molecule has 0 aromatic carbocycles. The monoisotopic (exact) mass is 301 g/mol. The molecule has 20 heavy (non-hydrogen) atoms. The first-order valence-electron chi connectivity index (χ1n) is 5.88. The fourth-order valence-corrected chi connectivity index (χ4v) is 2.08. The normalized spacial score (nSPS) is 15.1. The van der Waals surface area contributed by atoms with Crippen molar-refractivity contribution in [2.75, 3.05) is 13.1 Å². The Labute approximate surface area is 118 Å². The van der Waals surface area contributed by atoms with Gasteiger partial charge in [0.2, 0.25) is 0 Å². The Kier molecular flexibility index (Phi) is 4.15. The van der Waals surface area contributed by atoms with Crippen molar-refractivity contribution in [3.05, 3.63) is 23.4 Å². The smallest absolute Gasteiger partial charge is 0.339 e. The number of rotatable bonds is 2. The quantitative estimate of drug-likeness (QED) is 0.623. The molecule has 0 N–H and O–H groups in total. The first-order valence-corrected chi connectivity index (χ1v) is 6.28. The number of aromatic nitrogens is 1. The van der Waals surface area contributed by atoms with Crippen LogP contribution in [0.15, 0.2) is 17.3 Å². The first kappa shape index (κ1) is 14.6. The van der Waals surface area contributed by atoms with Gasteiger partial charge in [0.25, 0.3) is 5.91 Å². The van der Waals surface area contributed by atoms with Crippen LogP contribution in [0.3, 0.4) is 0 Å². The lowest BCUT2D eigenvalue weighted by Gasteiger charge is -2.17. The molecular formula is C12H10F3N3OS. The van der Waals surface area contributed by atoms with E-state index in [9.17, 15) is 18.0 Å². The van der Waals surface area contributed by atoms with Crippen molar-refractivity contribution in [3.8, 4) is 0 Å². The summed E-state index contributed by atoms with van der Waals surface area (Å²) in [6.45, 7) is 1.05. The Hall–Kier alpha value is -1.79. The lowest BCUT2D eigenvalue weighted by atomic mass is 10.1. The van der Waals surface area contributed by atoms with Crippen LogP contribution in [0.4, 0.5) is 19.0 Å². The third-order valence-corrected chi connectivity index (χ3v) is 3.06. The van der Waals surface area contributed by atoms with E-state index in [1.165, 1.54) is 4.90 Å². The van der Waals surface area contributed by atoms with Crippen LogP contribution in [0.2, 0.25) is 0 Å². The Morgan fingerprint density at radius 2 is 2.05 bits per heavy atom. The van der Waals surface area contributed by atoms with Crippen molar-refractivity contribution in [3.63, 3.8) is 0 Å². The number of alkyl halides is 3. The van der Waals surface area contributed by atoms with Crippen LogP contribution in [-0.4, -0.2) is 34.0 Å². The molecule has 4 nitrogen and oxygen atoms in total. The fourth-order valence-electron chi connectivity index (χ4n) is 1.99. The van der Waals surface area contributed by atoms with Crippen molar-refractivity contribution in [1.29, 1.82) is 0 Å². The van der Waals surface area contributed by atoms with E-state index in [2.05, 4.69) is 22.2 Å². The van der Waals surface area contributed by atoms with Crippen LogP contribution in [0.25, 0.3) is 0 Å². The maximum Gasteiger partial charge on any atom is 0.417 e. The summed E-state index contributed by atoms with van der Waals surface area (Å²) in [4.78, 5) is 20.8. The summed E-state index contributed by atoms with van der Waals surface area (Å²) >= 11 is 4.42. The van der Waals surface area contributed by atoms with E-state index in [1.807, 2.05) is 5.16 Å². The van der Waals surface area contributed by atoms with Gasteiger partial charge in [0.05, 0.1) is 16.3 Å². The average Bonchev–Trinajstić information content (AvgIpc) is 2.91. The van der Waals surface area contributed by atoms with Crippen molar-refractivity contribution >= 4 is 29.1 Å². The first-order chi connectivity index (χ1) is 9.43. The maximum absolute atomic E-state index is 12.7. The number of carbonyl (C=O) groups is 1. The van der Waals surface area contributed by atoms with Gasteiger partial charge in [-0.05, 0) is 31.1 Å². The second-order valence-electron chi connectivity index (χ2n) is 4.30. The minimum absolute atomic E-state index is 0.134. The Morgan fingerprint density at radius 1 is 1.40 bits per heavy atom. The van der Waals surface area contributed by atoms with E-state index >= 15 is 0 Å². The summed E-state index contributed by atoms with van der Waals surface area (Å²) in [5, 5.41) is 2.02. The van der Waals surface area contributed by atoms with Gasteiger partial charge in [-0.3, -0.25) is 4.79 Å². The largest absolute Gasteiger partial charge is 0.417 e. The molecule has 0 saturated carbocycles. The molecular weight excluding hydrogens is 291 g/mol. The molecule has 1 amide bonds. The number of halogens is 3. The number of hydrogen-bond acceptors (Lipinski definition) is 4. The molecule has 0 atom stereocenters. The van der Waals surface area contributed by atoms with Crippen LogP contribution in [-0.2, 0) is 6.18 Å². The van der Waals surface area contributed by atoms with Gasteiger partial charge in [0.1, 0.15) is 0 Å². The van der Waals surface area contributed by atoms with Crippen molar-refractivity contribution in [2.24, 2.45) is 4.99 Å². The predicted molar refractivity (Wildman–Crippen MR) is 69.1 cm³/mol. The summed E-state index contributed by atoms with van der Waals surface area (Å²) < 4.78 is 38.1. The standard InChI is InChI=1S/C12H10F3N3OS/c13-12(14,15)8-5-9(10(16-6-8)17-7-20)11(19)18-3-1-2-4-18/h5-6H,1-4H2. The van der Waals surface area contributed by atoms with Gasteiger partial charge in [-0.1, -0.05) is 0 Å². The number of aliphatic imine (C=N–C) groups is 1. The lowest BCUT2D eigenvalue weighted by Crippen LogP contribution is -2.28. The van der Waals surface area contributed by atoms with E-state index in [-0.39, 0.29) is 11.4 Å². The average molecular weight is 301 g/mol. The second kappa shape index (κ2) is 5.68. The third kappa shape index (κ3) is 3.02. The number of nitrogens with zero attached hydrogens (tertiary/aromatic N) is 3. The molecule has 0 unspecified atom stereocenters. The third-order valence-electron chi connectivity index (χ3n) is 2.97. The zero-order valence-electron chi connectivity index (χ0n) is 10.3. The minimum Gasteiger partial charge on any atom is -0.339 e. The molecule has 0 spiro atoms. The van der Waals surface area contributed by atoms with Crippen molar-refractivity contribution in [1.82, 2.24) is 9.88 Å². The summed E-state index contributed by atoms with van der Waals surface area (Å²) in [5.74, 6) is -0.644. The topological polar surface area (TPSA) is 45.6 Å². The van der Waals surface area contributed by atoms with Crippen LogP contribution >= 0.6 is 12.2 Å². The molecule has 0 bridgehead atoms. The van der Waals surface area contributed by atoms with Gasteiger partial charge in [-0.2, -0.15) is 18.2 Å². The Balaban J connectivity index is 2.46. The summed E-state index contributed by atoms with van der Waals surface area (Å²) in [5.41, 5.74) is -1.18. The van der Waals surface area contributed by atoms with Crippen LogP contribution < -0.4 is 0 Å². The van der Waals surface area contributed by atoms with E-state index < -0.39 is 17.6 Å². The van der Waals surface area contributed by atoms with Gasteiger partial charge in [-0.25, -0.2) is 4.98 Å². The van der Waals surface area contributed by atoms with Crippen molar-refractivity contribution < 1.29 is 18.0 Å². The number of amides is 1. The highest BCUT2D eigenvalue weighted by Crippen LogP contribution is 2.32. The number of thiocarbonyl (C=S) groups is 1. The molecule has 1 aliphatic heterocycles. The summed E-state index contributed by atoms with van der Waals surface area (Å²) in [6.07, 6.45) is -2.26. The highest BCUT2D eigenvalue weighted by Gasteiger charge is 2.33. The summed E-state index contributed by atoms with van der Waals surface area (Å²) in [6, 6.07) is 0.763. The molecule has 1 aromatic heterocycles. The van der Waals surface area contributed by atoms with Gasteiger partial charge >= 0.3 is 6.18 Å². The molecule has 8 heteroatoms. The summed E-state index contributed by atoms with van der Waals surface area (Å²) in [7, 11) is 0. The molecule has 1 aliphatic rings. The van der Waals surface area contributed by atoms with Gasteiger partial charge in [0, 0.05) is 19.3 Å². The van der Waals surface area contributed by atoms with E-state index in [0.29, 0.717) is 19.3 Å². The number of likely N-dealkylation sites (tertiary alicyclic amines) is 1. The molecule has 1 aromatic rings. The zero-order valence-corrected chi connectivity index (χ0v) is 11.1. The van der Waals surface area contributed by atoms with Crippen LogP contribution in [0.1, 0.15) is 28.8 Å². The number of hydrogen-bond donors (Lipinski definition) is 0. The Morgan fingerprint density at radius 3 is 2.60 bits per heavy atom. The molecule has 106 valence electrons. The van der Waals surface area contributed by atoms with E-state index in [0.717, 1.165) is 18.9 Å². The van der Waals surface area contributed by atoms with Gasteiger partial charge in [0.15, 0.2) is 5.82 Å². The van der Waals surface area contributed by atoms with E-state index in [4.69, 9.17) is 0 Å². The molecule has 2 heterocycles.